The van der Waals surface area contributed by atoms with Crippen LogP contribution in [0.3, 0.4) is 0 Å². The monoisotopic (exact) mass is 252 g/mol. The van der Waals surface area contributed by atoms with Crippen LogP contribution in [0.2, 0.25) is 0 Å². The molecule has 1 aromatic carbocycles. The third kappa shape index (κ3) is 5.65. The molecule has 1 aromatic rings. The minimum Gasteiger partial charge on any atom is -0.382 e. The fourth-order valence-corrected chi connectivity index (χ4v) is 1.55. The van der Waals surface area contributed by atoms with Gasteiger partial charge in [0.15, 0.2) is 0 Å². The van der Waals surface area contributed by atoms with Crippen LogP contribution in [0.4, 0.5) is 10.5 Å². The van der Waals surface area contributed by atoms with Gasteiger partial charge in [-0.3, -0.25) is 0 Å². The van der Waals surface area contributed by atoms with Crippen LogP contribution in [0.25, 0.3) is 0 Å². The van der Waals surface area contributed by atoms with Crippen molar-refractivity contribution in [2.75, 3.05) is 32.4 Å². The number of nitrogens with one attached hydrogen (secondary N) is 2. The fraction of sp³-hybridized carbons (Fsp3) is 0.462. The highest BCUT2D eigenvalue weighted by molar-refractivity contribution is 5.89. The summed E-state index contributed by atoms with van der Waals surface area (Å²) in [6.45, 7) is 5.12. The first-order chi connectivity index (χ1) is 8.61. The van der Waals surface area contributed by atoms with Crippen molar-refractivity contribution in [3.8, 4) is 0 Å². The molecule has 0 saturated carbocycles. The van der Waals surface area contributed by atoms with E-state index in [1.54, 1.807) is 7.11 Å². The molecule has 0 atom stereocenters. The maximum Gasteiger partial charge on any atom is 0.321 e. The van der Waals surface area contributed by atoms with E-state index in [9.17, 15) is 4.79 Å². The molecule has 0 unspecified atom stereocenters. The van der Waals surface area contributed by atoms with E-state index in [0.29, 0.717) is 13.2 Å². The molecule has 18 heavy (non-hydrogen) atoms. The van der Waals surface area contributed by atoms with Crippen LogP contribution in [-0.4, -0.2) is 33.1 Å². The standard InChI is InChI=1S/C13H20N2O3/c1-10-6-11(2)8-12(7-10)15-13(16)14-9-18-5-4-17-3/h6-8H,4-5,9H2,1-3H3,(H2,14,15,16). The largest absolute Gasteiger partial charge is 0.382 e. The molecule has 5 heteroatoms. The topological polar surface area (TPSA) is 59.6 Å². The molecule has 5 nitrogen and oxygen atoms in total. The number of anilines is 1. The van der Waals surface area contributed by atoms with Gasteiger partial charge in [-0.15, -0.1) is 0 Å². The lowest BCUT2D eigenvalue weighted by molar-refractivity contribution is 0.0650. The zero-order valence-corrected chi connectivity index (χ0v) is 11.1. The van der Waals surface area contributed by atoms with Crippen molar-refractivity contribution in [1.29, 1.82) is 0 Å². The van der Waals surface area contributed by atoms with Crippen LogP contribution in [0, 0.1) is 13.8 Å². The van der Waals surface area contributed by atoms with E-state index in [1.807, 2.05) is 26.0 Å². The maximum atomic E-state index is 11.5. The Labute approximate surface area is 107 Å². The molecular formula is C13H20N2O3. The molecule has 0 heterocycles. The predicted molar refractivity (Wildman–Crippen MR) is 70.8 cm³/mol. The SMILES string of the molecule is COCCOCNC(=O)Nc1cc(C)cc(C)c1. The first-order valence-electron chi connectivity index (χ1n) is 5.81. The van der Waals surface area contributed by atoms with Crippen LogP contribution in [0.1, 0.15) is 11.1 Å². The number of benzene rings is 1. The Morgan fingerprint density at radius 3 is 2.44 bits per heavy atom. The second-order valence-electron chi connectivity index (χ2n) is 4.05. The number of hydrogen-bond donors (Lipinski definition) is 2. The van der Waals surface area contributed by atoms with Gasteiger partial charge in [0.25, 0.3) is 0 Å². The van der Waals surface area contributed by atoms with Gasteiger partial charge in [0.05, 0.1) is 13.2 Å². The lowest BCUT2D eigenvalue weighted by Gasteiger charge is -2.09. The Balaban J connectivity index is 2.31. The number of urea groups is 1. The van der Waals surface area contributed by atoms with Crippen molar-refractivity contribution in [3.63, 3.8) is 0 Å². The van der Waals surface area contributed by atoms with Crippen LogP contribution in [0.5, 0.6) is 0 Å². The summed E-state index contributed by atoms with van der Waals surface area (Å²) in [4.78, 5) is 11.5. The third-order valence-electron chi connectivity index (χ3n) is 2.25. The smallest absolute Gasteiger partial charge is 0.321 e. The molecule has 0 spiro atoms. The zero-order chi connectivity index (χ0) is 13.4. The van der Waals surface area contributed by atoms with Crippen molar-refractivity contribution in [2.45, 2.75) is 13.8 Å². The summed E-state index contributed by atoms with van der Waals surface area (Å²) in [5, 5.41) is 5.35. The predicted octanol–water partition coefficient (Wildman–Crippen LogP) is 2.05. The van der Waals surface area contributed by atoms with Crippen molar-refractivity contribution >= 4 is 11.7 Å². The summed E-state index contributed by atoms with van der Waals surface area (Å²) in [6, 6.07) is 5.60. The van der Waals surface area contributed by atoms with E-state index in [2.05, 4.69) is 16.7 Å². The zero-order valence-electron chi connectivity index (χ0n) is 11.1. The average Bonchev–Trinajstić information content (AvgIpc) is 2.27. The Kier molecular flexibility index (Phi) is 6.18. The highest BCUT2D eigenvalue weighted by atomic mass is 16.5. The van der Waals surface area contributed by atoms with Gasteiger partial charge in [-0.1, -0.05) is 6.07 Å². The van der Waals surface area contributed by atoms with Crippen LogP contribution >= 0.6 is 0 Å². The Morgan fingerprint density at radius 2 is 1.83 bits per heavy atom. The molecule has 0 fully saturated rings. The maximum absolute atomic E-state index is 11.5. The lowest BCUT2D eigenvalue weighted by Crippen LogP contribution is -2.31. The van der Waals surface area contributed by atoms with Crippen molar-refractivity contribution in [1.82, 2.24) is 5.32 Å². The molecule has 2 amide bonds. The molecule has 0 bridgehead atoms. The van der Waals surface area contributed by atoms with E-state index in [0.717, 1.165) is 16.8 Å². The van der Waals surface area contributed by atoms with Gasteiger partial charge in [0.2, 0.25) is 0 Å². The van der Waals surface area contributed by atoms with Gasteiger partial charge < -0.3 is 20.1 Å². The van der Waals surface area contributed by atoms with Crippen molar-refractivity contribution < 1.29 is 14.3 Å². The van der Waals surface area contributed by atoms with Crippen molar-refractivity contribution in [3.05, 3.63) is 29.3 Å². The van der Waals surface area contributed by atoms with Gasteiger partial charge in [-0.25, -0.2) is 4.79 Å². The minimum atomic E-state index is -0.280. The van der Waals surface area contributed by atoms with Gasteiger partial charge >= 0.3 is 6.03 Å². The van der Waals surface area contributed by atoms with E-state index in [1.165, 1.54) is 0 Å². The Morgan fingerprint density at radius 1 is 1.17 bits per heavy atom. The summed E-state index contributed by atoms with van der Waals surface area (Å²) >= 11 is 0. The lowest BCUT2D eigenvalue weighted by atomic mass is 10.1. The molecule has 2 N–H and O–H groups in total. The first kappa shape index (κ1) is 14.5. The normalized spacial score (nSPS) is 10.2. The molecule has 0 aromatic heterocycles. The van der Waals surface area contributed by atoms with E-state index >= 15 is 0 Å². The molecule has 0 aliphatic carbocycles. The minimum absolute atomic E-state index is 0.167. The van der Waals surface area contributed by atoms with Gasteiger partial charge in [0, 0.05) is 12.8 Å². The number of methoxy groups -OCH3 is 1. The molecule has 1 rings (SSSR count). The van der Waals surface area contributed by atoms with Crippen LogP contribution in [0.15, 0.2) is 18.2 Å². The third-order valence-corrected chi connectivity index (χ3v) is 2.25. The summed E-state index contributed by atoms with van der Waals surface area (Å²) < 4.78 is 9.95. The first-order valence-corrected chi connectivity index (χ1v) is 5.81. The fourth-order valence-electron chi connectivity index (χ4n) is 1.55. The number of rotatable bonds is 6. The number of carbonyl (C=O) groups is 1. The Bertz CT molecular complexity index is 374. The quantitative estimate of drug-likeness (QED) is 0.601. The number of carbonyl (C=O) groups excluding carboxylic acids is 1. The highest BCUT2D eigenvalue weighted by Gasteiger charge is 2.01. The number of aryl methyl sites for hydroxylation is 2. The molecular weight excluding hydrogens is 232 g/mol. The highest BCUT2D eigenvalue weighted by Crippen LogP contribution is 2.13. The molecule has 100 valence electrons. The molecule has 0 aliphatic heterocycles. The van der Waals surface area contributed by atoms with Crippen LogP contribution < -0.4 is 10.6 Å². The molecule has 0 saturated heterocycles. The van der Waals surface area contributed by atoms with E-state index in [-0.39, 0.29) is 12.8 Å². The number of amides is 2. The van der Waals surface area contributed by atoms with E-state index in [4.69, 9.17) is 9.47 Å². The second-order valence-corrected chi connectivity index (χ2v) is 4.05. The van der Waals surface area contributed by atoms with Gasteiger partial charge in [-0.05, 0) is 37.1 Å². The molecule has 0 aliphatic rings. The summed E-state index contributed by atoms with van der Waals surface area (Å²) in [6.07, 6.45) is 0. The summed E-state index contributed by atoms with van der Waals surface area (Å²) in [5.74, 6) is 0. The van der Waals surface area contributed by atoms with Gasteiger partial charge in [0.1, 0.15) is 6.73 Å². The van der Waals surface area contributed by atoms with Crippen molar-refractivity contribution in [2.24, 2.45) is 0 Å². The summed E-state index contributed by atoms with van der Waals surface area (Å²) in [5.41, 5.74) is 3.00. The Hall–Kier alpha value is -1.59. The summed E-state index contributed by atoms with van der Waals surface area (Å²) in [7, 11) is 1.60. The average molecular weight is 252 g/mol. The number of hydrogen-bond acceptors (Lipinski definition) is 3. The van der Waals surface area contributed by atoms with Crippen LogP contribution in [-0.2, 0) is 9.47 Å². The molecule has 0 radical (unpaired) electrons. The second kappa shape index (κ2) is 7.68. The van der Waals surface area contributed by atoms with Gasteiger partial charge in [-0.2, -0.15) is 0 Å². The number of ether oxygens (including phenoxy) is 2. The van der Waals surface area contributed by atoms with E-state index < -0.39 is 0 Å².